The zero-order valence-corrected chi connectivity index (χ0v) is 6.26. The Labute approximate surface area is 63.7 Å². The molecule has 8 heavy (non-hydrogen) atoms. The molecule has 1 radical (unpaired) electrons. The van der Waals surface area contributed by atoms with Gasteiger partial charge < -0.3 is 5.73 Å². The normalized spacial score (nSPS) is 10.2. The maximum Gasteiger partial charge on any atom is 0.266 e. The summed E-state index contributed by atoms with van der Waals surface area (Å²) in [6, 6.07) is 0. The van der Waals surface area contributed by atoms with E-state index in [1.165, 1.54) is 0 Å². The van der Waals surface area contributed by atoms with E-state index in [4.69, 9.17) is 10.3 Å². The van der Waals surface area contributed by atoms with Crippen LogP contribution in [-0.4, -0.2) is 25.3 Å². The number of rotatable bonds is 2. The summed E-state index contributed by atoms with van der Waals surface area (Å²) in [5, 5.41) is 0. The van der Waals surface area contributed by atoms with Gasteiger partial charge in [-0.2, -0.15) is 8.42 Å². The summed E-state index contributed by atoms with van der Waals surface area (Å²) in [7, 11) is -3.80. The average molecular weight is 233 g/mol. The van der Waals surface area contributed by atoms with Crippen molar-refractivity contribution < 1.29 is 35.4 Å². The molecule has 0 aliphatic heterocycles. The van der Waals surface area contributed by atoms with E-state index < -0.39 is 10.1 Å². The van der Waals surface area contributed by atoms with Gasteiger partial charge >= 0.3 is 0 Å². The molecule has 0 bridgehead atoms. The van der Waals surface area contributed by atoms with Crippen LogP contribution in [0.1, 0.15) is 0 Å². The Morgan fingerprint density at radius 2 is 1.88 bits per heavy atom. The molecule has 0 aromatic heterocycles. The van der Waals surface area contributed by atoms with Crippen LogP contribution in [0.5, 0.6) is 0 Å². The number of hydrogen-bond donors (Lipinski definition) is 2. The quantitative estimate of drug-likeness (QED) is 0.465. The van der Waals surface area contributed by atoms with Crippen LogP contribution >= 0.6 is 0 Å². The zero-order valence-electron chi connectivity index (χ0n) is 3.97. The largest absolute Gasteiger partial charge is 0.329 e. The maximum atomic E-state index is 9.71. The van der Waals surface area contributed by atoms with E-state index in [-0.39, 0.29) is 34.7 Å². The predicted octanol–water partition coefficient (Wildman–Crippen LogP) is -1.17. The fourth-order valence-corrected chi connectivity index (χ4v) is 0.447. The molecule has 3 N–H and O–H groups in total. The third kappa shape index (κ3) is 9.79. The van der Waals surface area contributed by atoms with Gasteiger partial charge in [0.05, 0.1) is 5.75 Å². The summed E-state index contributed by atoms with van der Waals surface area (Å²) in [4.78, 5) is 0. The van der Waals surface area contributed by atoms with E-state index in [0.717, 1.165) is 0 Å². The second-order valence-corrected chi connectivity index (χ2v) is 2.65. The summed E-state index contributed by atoms with van der Waals surface area (Å²) in [5.74, 6) is -0.354. The van der Waals surface area contributed by atoms with Crippen LogP contribution in [-0.2, 0) is 32.5 Å². The number of hydrogen-bond acceptors (Lipinski definition) is 3. The second kappa shape index (κ2) is 4.49. The molecular formula is C2H7AgNO3S. The van der Waals surface area contributed by atoms with Gasteiger partial charge in [-0.25, -0.2) is 0 Å². The standard InChI is InChI=1S/C2H7NO3S.Ag/c3-1-2-7(4,5)6;/h1-3H2,(H,4,5,6);. The third-order valence-electron chi connectivity index (χ3n) is 0.376. The first-order valence-corrected chi connectivity index (χ1v) is 3.32. The molecule has 0 saturated carbocycles. The van der Waals surface area contributed by atoms with Crippen LogP contribution in [0, 0.1) is 0 Å². The van der Waals surface area contributed by atoms with Gasteiger partial charge in [-0.1, -0.05) is 0 Å². The molecule has 0 heterocycles. The molecule has 0 aromatic rings. The van der Waals surface area contributed by atoms with Gasteiger partial charge in [0.25, 0.3) is 10.1 Å². The van der Waals surface area contributed by atoms with Gasteiger partial charge in [-0.05, 0) is 0 Å². The minimum absolute atomic E-state index is 0. The molecule has 0 atom stereocenters. The first-order chi connectivity index (χ1) is 3.06. The zero-order chi connectivity index (χ0) is 5.91. The topological polar surface area (TPSA) is 80.4 Å². The monoisotopic (exact) mass is 232 g/mol. The van der Waals surface area contributed by atoms with Gasteiger partial charge in [0.1, 0.15) is 0 Å². The Balaban J connectivity index is 0. The first kappa shape index (κ1) is 11.4. The molecule has 0 unspecified atom stereocenters. The SMILES string of the molecule is NCCS(=O)(=O)O.[Ag]. The molecule has 55 valence electrons. The van der Waals surface area contributed by atoms with Crippen LogP contribution in [0.2, 0.25) is 0 Å². The van der Waals surface area contributed by atoms with Crippen molar-refractivity contribution in [3.8, 4) is 0 Å². The van der Waals surface area contributed by atoms with Crippen LogP contribution in [0.4, 0.5) is 0 Å². The molecule has 0 saturated heterocycles. The fraction of sp³-hybridized carbons (Fsp3) is 1.00. The molecule has 4 nitrogen and oxygen atoms in total. The molecule has 0 rings (SSSR count). The van der Waals surface area contributed by atoms with Crippen LogP contribution in [0.15, 0.2) is 0 Å². The molecule has 0 amide bonds. The molecule has 0 fully saturated rings. The Hall–Kier alpha value is 0.610. The molecule has 0 aromatic carbocycles. The molecule has 6 heteroatoms. The maximum absolute atomic E-state index is 9.71. The Morgan fingerprint density at radius 1 is 1.50 bits per heavy atom. The Morgan fingerprint density at radius 3 is 1.88 bits per heavy atom. The Bertz CT molecular complexity index is 130. The number of nitrogens with two attached hydrogens (primary N) is 1. The van der Waals surface area contributed by atoms with E-state index in [9.17, 15) is 8.42 Å². The molecule has 0 aliphatic rings. The van der Waals surface area contributed by atoms with Crippen LogP contribution in [0.3, 0.4) is 0 Å². The Kier molecular flexibility index (Phi) is 6.40. The van der Waals surface area contributed by atoms with E-state index in [1.54, 1.807) is 0 Å². The summed E-state index contributed by atoms with van der Waals surface area (Å²) < 4.78 is 27.3. The van der Waals surface area contributed by atoms with E-state index in [1.807, 2.05) is 0 Å². The van der Waals surface area contributed by atoms with Crippen molar-refractivity contribution >= 4 is 10.1 Å². The van der Waals surface area contributed by atoms with Gasteiger partial charge in [-0.15, -0.1) is 0 Å². The van der Waals surface area contributed by atoms with Gasteiger partial charge in [-0.3, -0.25) is 4.55 Å². The minimum Gasteiger partial charge on any atom is -0.329 e. The second-order valence-electron chi connectivity index (χ2n) is 1.07. The first-order valence-electron chi connectivity index (χ1n) is 1.71. The van der Waals surface area contributed by atoms with Crippen molar-refractivity contribution in [1.82, 2.24) is 0 Å². The third-order valence-corrected chi connectivity index (χ3v) is 1.13. The van der Waals surface area contributed by atoms with Gasteiger partial charge in [0.2, 0.25) is 0 Å². The molecule has 0 aliphatic carbocycles. The molecular weight excluding hydrogens is 226 g/mol. The van der Waals surface area contributed by atoms with Crippen molar-refractivity contribution in [2.75, 3.05) is 12.3 Å². The van der Waals surface area contributed by atoms with E-state index in [0.29, 0.717) is 0 Å². The van der Waals surface area contributed by atoms with Gasteiger partial charge in [0, 0.05) is 28.9 Å². The minimum atomic E-state index is -3.80. The molecule has 0 spiro atoms. The van der Waals surface area contributed by atoms with Crippen molar-refractivity contribution in [2.24, 2.45) is 5.73 Å². The van der Waals surface area contributed by atoms with Crippen molar-refractivity contribution in [1.29, 1.82) is 0 Å². The summed E-state index contributed by atoms with van der Waals surface area (Å²) >= 11 is 0. The van der Waals surface area contributed by atoms with E-state index in [2.05, 4.69) is 0 Å². The smallest absolute Gasteiger partial charge is 0.266 e. The van der Waals surface area contributed by atoms with Crippen molar-refractivity contribution in [2.45, 2.75) is 0 Å². The summed E-state index contributed by atoms with van der Waals surface area (Å²) in [5.41, 5.74) is 4.78. The fourth-order valence-electron chi connectivity index (χ4n) is 0.149. The predicted molar refractivity (Wildman–Crippen MR) is 25.5 cm³/mol. The van der Waals surface area contributed by atoms with Crippen molar-refractivity contribution in [3.63, 3.8) is 0 Å². The van der Waals surface area contributed by atoms with Crippen LogP contribution in [0.25, 0.3) is 0 Å². The van der Waals surface area contributed by atoms with Gasteiger partial charge in [0.15, 0.2) is 0 Å². The summed E-state index contributed by atoms with van der Waals surface area (Å²) in [6.07, 6.45) is 0. The summed E-state index contributed by atoms with van der Waals surface area (Å²) in [6.45, 7) is -0.0289. The average Bonchev–Trinajstić information content (AvgIpc) is 1.30. The van der Waals surface area contributed by atoms with Crippen molar-refractivity contribution in [3.05, 3.63) is 0 Å². The van der Waals surface area contributed by atoms with Crippen LogP contribution < -0.4 is 5.73 Å². The van der Waals surface area contributed by atoms with E-state index >= 15 is 0 Å².